The first kappa shape index (κ1) is 16.6. The first-order valence-electron chi connectivity index (χ1n) is 8.44. The summed E-state index contributed by atoms with van der Waals surface area (Å²) in [4.78, 5) is 24.8. The van der Waals surface area contributed by atoms with Crippen molar-refractivity contribution in [2.75, 3.05) is 19.6 Å². The molecule has 1 amide bonds. The highest BCUT2D eigenvalue weighted by Gasteiger charge is 2.49. The first-order chi connectivity index (χ1) is 12.1. The Balaban J connectivity index is 1.42. The van der Waals surface area contributed by atoms with Gasteiger partial charge in [-0.3, -0.25) is 9.59 Å². The normalized spacial score (nSPS) is 22.3. The SMILES string of the molecule is O=C(NCC1CC2(CCNCC2)C(=O)O1)c1coc2ccc(Br)cc12. The second kappa shape index (κ2) is 6.46. The van der Waals surface area contributed by atoms with Crippen molar-refractivity contribution in [3.63, 3.8) is 0 Å². The number of fused-ring (bicyclic) bond motifs is 1. The maximum atomic E-state index is 12.5. The molecule has 3 heterocycles. The lowest BCUT2D eigenvalue weighted by Gasteiger charge is -2.29. The van der Waals surface area contributed by atoms with E-state index in [1.54, 1.807) is 0 Å². The number of halogens is 1. The average Bonchev–Trinajstić information content (AvgIpc) is 3.15. The van der Waals surface area contributed by atoms with Gasteiger partial charge in [-0.15, -0.1) is 0 Å². The highest BCUT2D eigenvalue weighted by Crippen LogP contribution is 2.41. The van der Waals surface area contributed by atoms with Crippen molar-refractivity contribution in [3.05, 3.63) is 34.5 Å². The Bertz CT molecular complexity index is 826. The van der Waals surface area contributed by atoms with Gasteiger partial charge in [-0.05, 0) is 44.1 Å². The molecule has 2 fully saturated rings. The van der Waals surface area contributed by atoms with Gasteiger partial charge >= 0.3 is 5.97 Å². The van der Waals surface area contributed by atoms with Crippen molar-refractivity contribution >= 4 is 38.8 Å². The van der Waals surface area contributed by atoms with Crippen molar-refractivity contribution in [3.8, 4) is 0 Å². The average molecular weight is 407 g/mol. The third kappa shape index (κ3) is 3.06. The van der Waals surface area contributed by atoms with Crippen LogP contribution in [-0.2, 0) is 9.53 Å². The number of rotatable bonds is 3. The molecular weight excluding hydrogens is 388 g/mol. The molecule has 2 aromatic rings. The zero-order valence-electron chi connectivity index (χ0n) is 13.6. The molecule has 132 valence electrons. The Kier molecular flexibility index (Phi) is 4.29. The van der Waals surface area contributed by atoms with Crippen LogP contribution in [0.4, 0.5) is 0 Å². The molecule has 1 aromatic heterocycles. The molecule has 0 radical (unpaired) electrons. The summed E-state index contributed by atoms with van der Waals surface area (Å²) in [6.45, 7) is 1.99. The number of nitrogens with one attached hydrogen (secondary N) is 2. The molecule has 1 spiro atoms. The van der Waals surface area contributed by atoms with Gasteiger partial charge in [0.05, 0.1) is 17.5 Å². The second-order valence-electron chi connectivity index (χ2n) is 6.76. The molecule has 2 saturated heterocycles. The zero-order chi connectivity index (χ0) is 17.4. The van der Waals surface area contributed by atoms with Gasteiger partial charge in [0.1, 0.15) is 18.0 Å². The summed E-state index contributed by atoms with van der Waals surface area (Å²) in [7, 11) is 0. The number of esters is 1. The van der Waals surface area contributed by atoms with Crippen molar-refractivity contribution in [1.29, 1.82) is 0 Å². The highest BCUT2D eigenvalue weighted by atomic mass is 79.9. The Morgan fingerprint density at radius 1 is 1.36 bits per heavy atom. The number of ether oxygens (including phenoxy) is 1. The van der Waals surface area contributed by atoms with Crippen LogP contribution in [-0.4, -0.2) is 37.6 Å². The van der Waals surface area contributed by atoms with E-state index in [4.69, 9.17) is 9.15 Å². The molecule has 0 aliphatic carbocycles. The summed E-state index contributed by atoms with van der Waals surface area (Å²) < 4.78 is 11.8. The van der Waals surface area contributed by atoms with Gasteiger partial charge in [0.2, 0.25) is 0 Å². The molecule has 7 heteroatoms. The lowest BCUT2D eigenvalue weighted by Crippen LogP contribution is -2.39. The molecule has 6 nitrogen and oxygen atoms in total. The van der Waals surface area contributed by atoms with Crippen molar-refractivity contribution in [1.82, 2.24) is 10.6 Å². The van der Waals surface area contributed by atoms with Crippen LogP contribution in [0.3, 0.4) is 0 Å². The van der Waals surface area contributed by atoms with Gasteiger partial charge in [-0.25, -0.2) is 0 Å². The van der Waals surface area contributed by atoms with Gasteiger partial charge in [0.25, 0.3) is 5.91 Å². The summed E-state index contributed by atoms with van der Waals surface area (Å²) in [5, 5.41) is 6.90. The van der Waals surface area contributed by atoms with E-state index in [1.165, 1.54) is 6.26 Å². The lowest BCUT2D eigenvalue weighted by molar-refractivity contribution is -0.149. The number of carbonyl (C=O) groups is 2. The van der Waals surface area contributed by atoms with Crippen molar-refractivity contribution in [2.24, 2.45) is 5.41 Å². The number of hydrogen-bond donors (Lipinski definition) is 2. The maximum absolute atomic E-state index is 12.5. The predicted molar refractivity (Wildman–Crippen MR) is 95.3 cm³/mol. The number of amides is 1. The Morgan fingerprint density at radius 3 is 2.96 bits per heavy atom. The third-order valence-electron chi connectivity index (χ3n) is 5.16. The van der Waals surface area contributed by atoms with Gasteiger partial charge in [-0.2, -0.15) is 0 Å². The van der Waals surface area contributed by atoms with Gasteiger partial charge in [-0.1, -0.05) is 15.9 Å². The summed E-state index contributed by atoms with van der Waals surface area (Å²) in [6.07, 6.45) is 3.47. The van der Waals surface area contributed by atoms with Gasteiger partial charge in [0.15, 0.2) is 0 Å². The van der Waals surface area contributed by atoms with E-state index in [0.29, 0.717) is 24.1 Å². The number of furan rings is 1. The highest BCUT2D eigenvalue weighted by molar-refractivity contribution is 9.10. The molecule has 1 aromatic carbocycles. The molecule has 0 bridgehead atoms. The standard InChI is InChI=1S/C18H19BrN2O4/c19-11-1-2-15-13(7-11)14(10-24-15)16(22)21-9-12-8-18(17(23)25-12)3-5-20-6-4-18/h1-2,7,10,12,20H,3-6,8-9H2,(H,21,22). The van der Waals surface area contributed by atoms with Gasteiger partial charge < -0.3 is 19.8 Å². The van der Waals surface area contributed by atoms with E-state index in [9.17, 15) is 9.59 Å². The number of benzene rings is 1. The quantitative estimate of drug-likeness (QED) is 0.765. The Hall–Kier alpha value is -1.86. The molecule has 2 N–H and O–H groups in total. The molecular formula is C18H19BrN2O4. The summed E-state index contributed by atoms with van der Waals surface area (Å²) in [6, 6.07) is 5.53. The van der Waals surface area contributed by atoms with Crippen LogP contribution in [0, 0.1) is 5.41 Å². The van der Waals surface area contributed by atoms with Crippen molar-refractivity contribution < 1.29 is 18.7 Å². The van der Waals surface area contributed by atoms with E-state index in [1.807, 2.05) is 18.2 Å². The number of carbonyl (C=O) groups excluding carboxylic acids is 2. The van der Waals surface area contributed by atoms with E-state index in [0.717, 1.165) is 35.8 Å². The number of piperidine rings is 1. The van der Waals surface area contributed by atoms with Crippen LogP contribution >= 0.6 is 15.9 Å². The molecule has 1 atom stereocenters. The molecule has 2 aliphatic rings. The topological polar surface area (TPSA) is 80.6 Å². The largest absolute Gasteiger partial charge is 0.463 e. The number of cyclic esters (lactones) is 1. The molecule has 1 unspecified atom stereocenters. The Morgan fingerprint density at radius 2 is 2.16 bits per heavy atom. The van der Waals surface area contributed by atoms with Crippen LogP contribution in [0.2, 0.25) is 0 Å². The minimum Gasteiger partial charge on any atom is -0.463 e. The van der Waals surface area contributed by atoms with E-state index < -0.39 is 0 Å². The minimum absolute atomic E-state index is 0.119. The van der Waals surface area contributed by atoms with Crippen LogP contribution in [0.1, 0.15) is 29.6 Å². The minimum atomic E-state index is -0.367. The summed E-state index contributed by atoms with van der Waals surface area (Å²) in [5.74, 6) is -0.342. The predicted octanol–water partition coefficient (Wildman–Crippen LogP) is 2.61. The monoisotopic (exact) mass is 406 g/mol. The first-order valence-corrected chi connectivity index (χ1v) is 9.23. The van der Waals surface area contributed by atoms with E-state index in [2.05, 4.69) is 26.6 Å². The molecule has 4 rings (SSSR count). The fourth-order valence-corrected chi connectivity index (χ4v) is 4.10. The Labute approximate surface area is 153 Å². The summed E-state index contributed by atoms with van der Waals surface area (Å²) in [5.41, 5.74) is 0.778. The van der Waals surface area contributed by atoms with Crippen LogP contribution in [0.5, 0.6) is 0 Å². The van der Waals surface area contributed by atoms with Gasteiger partial charge in [0, 0.05) is 16.3 Å². The smallest absolute Gasteiger partial charge is 0.312 e. The van der Waals surface area contributed by atoms with Crippen LogP contribution in [0.25, 0.3) is 11.0 Å². The van der Waals surface area contributed by atoms with E-state index >= 15 is 0 Å². The van der Waals surface area contributed by atoms with Crippen LogP contribution in [0.15, 0.2) is 33.4 Å². The zero-order valence-corrected chi connectivity index (χ0v) is 15.2. The fourth-order valence-electron chi connectivity index (χ4n) is 3.74. The second-order valence-corrected chi connectivity index (χ2v) is 7.68. The fraction of sp³-hybridized carbons (Fsp3) is 0.444. The summed E-state index contributed by atoms with van der Waals surface area (Å²) >= 11 is 3.40. The third-order valence-corrected chi connectivity index (χ3v) is 5.65. The van der Waals surface area contributed by atoms with Crippen molar-refractivity contribution in [2.45, 2.75) is 25.4 Å². The molecule has 2 aliphatic heterocycles. The van der Waals surface area contributed by atoms with E-state index in [-0.39, 0.29) is 23.4 Å². The molecule has 25 heavy (non-hydrogen) atoms. The number of hydrogen-bond acceptors (Lipinski definition) is 5. The lowest BCUT2D eigenvalue weighted by atomic mass is 9.76. The molecule has 0 saturated carbocycles. The maximum Gasteiger partial charge on any atom is 0.312 e. The van der Waals surface area contributed by atoms with Crippen LogP contribution < -0.4 is 10.6 Å².